The molecule has 0 unspecified atom stereocenters. The first-order valence-corrected chi connectivity index (χ1v) is 10.2. The second kappa shape index (κ2) is 7.55. The molecule has 0 saturated carbocycles. The molecule has 1 aromatic carbocycles. The Morgan fingerprint density at radius 3 is 2.57 bits per heavy atom. The van der Waals surface area contributed by atoms with Gasteiger partial charge in [0.05, 0.1) is 4.90 Å². The molecule has 0 aliphatic carbocycles. The third-order valence-electron chi connectivity index (χ3n) is 3.64. The molecule has 4 nitrogen and oxygen atoms in total. The minimum atomic E-state index is -3.49. The Balaban J connectivity index is 2.39. The molecule has 21 heavy (non-hydrogen) atoms. The number of halogens is 2. The first-order valence-electron chi connectivity index (χ1n) is 7.14. The third kappa shape index (κ3) is 4.07. The van der Waals surface area contributed by atoms with E-state index in [1.54, 1.807) is 16.4 Å². The highest BCUT2D eigenvalue weighted by molar-refractivity contribution is 9.11. The fraction of sp³-hybridized carbons (Fsp3) is 0.571. The first-order chi connectivity index (χ1) is 9.96. The smallest absolute Gasteiger partial charge is 0.244 e. The summed E-state index contributed by atoms with van der Waals surface area (Å²) < 4.78 is 29.2. The van der Waals surface area contributed by atoms with Crippen molar-refractivity contribution in [3.8, 4) is 0 Å². The summed E-state index contributed by atoms with van der Waals surface area (Å²) in [5, 5.41) is 3.29. The number of benzene rings is 1. The van der Waals surface area contributed by atoms with E-state index in [2.05, 4.69) is 37.2 Å². The van der Waals surface area contributed by atoms with E-state index in [0.29, 0.717) is 15.9 Å². The maximum absolute atomic E-state index is 13.0. The first kappa shape index (κ1) is 17.4. The lowest BCUT2D eigenvalue weighted by atomic mass is 10.1. The molecule has 0 atom stereocenters. The van der Waals surface area contributed by atoms with Crippen molar-refractivity contribution in [2.45, 2.75) is 37.1 Å². The molecule has 1 aliphatic rings. The Labute approximate surface area is 143 Å². The molecule has 1 N–H and O–H groups in total. The Kier molecular flexibility index (Phi) is 6.25. The quantitative estimate of drug-likeness (QED) is 0.765. The number of nitrogens with zero attached hydrogens (tertiary/aromatic N) is 1. The summed E-state index contributed by atoms with van der Waals surface area (Å²) in [5.41, 5.74) is 0. The van der Waals surface area contributed by atoms with Crippen LogP contribution in [0.25, 0.3) is 0 Å². The molecular weight excluding hydrogens is 420 g/mol. The number of sulfonamides is 1. The summed E-state index contributed by atoms with van der Waals surface area (Å²) in [6.45, 7) is 4.33. The van der Waals surface area contributed by atoms with Gasteiger partial charge in [0.2, 0.25) is 10.0 Å². The molecule has 0 spiro atoms. The molecule has 1 heterocycles. The van der Waals surface area contributed by atoms with Gasteiger partial charge in [0.1, 0.15) is 0 Å². The second-order valence-corrected chi connectivity index (χ2v) is 8.80. The summed E-state index contributed by atoms with van der Waals surface area (Å²) in [6, 6.07) is 5.35. The standard InChI is InChI=1S/C14H20Br2N2O2S/c1-2-9-18(12-5-7-17-8-6-12)21(19,20)14-10-11(15)3-4-13(14)16/h3-4,10,12,17H,2,5-9H2,1H3. The van der Waals surface area contributed by atoms with Gasteiger partial charge in [-0.2, -0.15) is 4.31 Å². The molecule has 1 fully saturated rings. The van der Waals surface area contributed by atoms with Gasteiger partial charge in [-0.05, 0) is 66.5 Å². The predicted octanol–water partition coefficient (Wildman–Crippen LogP) is 3.36. The summed E-state index contributed by atoms with van der Waals surface area (Å²) in [4.78, 5) is 0.337. The van der Waals surface area contributed by atoms with Gasteiger partial charge in [-0.15, -0.1) is 0 Å². The van der Waals surface area contributed by atoms with E-state index in [0.717, 1.165) is 36.8 Å². The number of hydrogen-bond acceptors (Lipinski definition) is 3. The van der Waals surface area contributed by atoms with E-state index < -0.39 is 10.0 Å². The monoisotopic (exact) mass is 438 g/mol. The Bertz CT molecular complexity index is 587. The lowest BCUT2D eigenvalue weighted by molar-refractivity contribution is 0.262. The lowest BCUT2D eigenvalue weighted by Crippen LogP contribution is -2.46. The summed E-state index contributed by atoms with van der Waals surface area (Å²) in [7, 11) is -3.49. The van der Waals surface area contributed by atoms with E-state index >= 15 is 0 Å². The van der Waals surface area contributed by atoms with Crippen LogP contribution in [-0.4, -0.2) is 38.4 Å². The number of piperidine rings is 1. The van der Waals surface area contributed by atoms with E-state index in [4.69, 9.17) is 0 Å². The number of nitrogens with one attached hydrogen (secondary N) is 1. The summed E-state index contributed by atoms with van der Waals surface area (Å²) in [6.07, 6.45) is 2.55. The summed E-state index contributed by atoms with van der Waals surface area (Å²) in [5.74, 6) is 0. The zero-order valence-electron chi connectivity index (χ0n) is 12.0. The van der Waals surface area contributed by atoms with Crippen LogP contribution in [0.4, 0.5) is 0 Å². The normalized spacial score (nSPS) is 17.3. The van der Waals surface area contributed by atoms with Crippen LogP contribution in [0.5, 0.6) is 0 Å². The Morgan fingerprint density at radius 2 is 1.95 bits per heavy atom. The van der Waals surface area contributed by atoms with Gasteiger partial charge in [0.15, 0.2) is 0 Å². The Hall–Kier alpha value is 0.0500. The predicted molar refractivity (Wildman–Crippen MR) is 91.9 cm³/mol. The van der Waals surface area contributed by atoms with Crippen molar-refractivity contribution >= 4 is 41.9 Å². The SMILES string of the molecule is CCCN(C1CCNCC1)S(=O)(=O)c1cc(Br)ccc1Br. The van der Waals surface area contributed by atoms with E-state index in [9.17, 15) is 8.42 Å². The highest BCUT2D eigenvalue weighted by atomic mass is 79.9. The molecule has 118 valence electrons. The van der Waals surface area contributed by atoms with Crippen molar-refractivity contribution in [2.24, 2.45) is 0 Å². The fourth-order valence-corrected chi connectivity index (χ4v) is 5.86. The average molecular weight is 440 g/mol. The van der Waals surface area contributed by atoms with Crippen LogP contribution in [-0.2, 0) is 10.0 Å². The molecular formula is C14H20Br2N2O2S. The molecule has 1 aliphatic heterocycles. The van der Waals surface area contributed by atoms with E-state index in [-0.39, 0.29) is 6.04 Å². The highest BCUT2D eigenvalue weighted by Gasteiger charge is 2.32. The molecule has 1 saturated heterocycles. The van der Waals surface area contributed by atoms with Crippen LogP contribution in [0.15, 0.2) is 32.0 Å². The zero-order chi connectivity index (χ0) is 15.5. The van der Waals surface area contributed by atoms with E-state index in [1.807, 2.05) is 13.0 Å². The van der Waals surface area contributed by atoms with Gasteiger partial charge in [-0.3, -0.25) is 0 Å². The molecule has 0 aromatic heterocycles. The second-order valence-electron chi connectivity index (χ2n) is 5.17. The van der Waals surface area contributed by atoms with Crippen molar-refractivity contribution in [1.82, 2.24) is 9.62 Å². The number of rotatable bonds is 5. The van der Waals surface area contributed by atoms with Crippen molar-refractivity contribution in [3.05, 3.63) is 27.1 Å². The molecule has 0 bridgehead atoms. The highest BCUT2D eigenvalue weighted by Crippen LogP contribution is 2.30. The Morgan fingerprint density at radius 1 is 1.29 bits per heavy atom. The largest absolute Gasteiger partial charge is 0.317 e. The van der Waals surface area contributed by atoms with Gasteiger partial charge in [0, 0.05) is 21.5 Å². The summed E-state index contributed by atoms with van der Waals surface area (Å²) >= 11 is 6.73. The van der Waals surface area contributed by atoms with Crippen molar-refractivity contribution in [3.63, 3.8) is 0 Å². The minimum absolute atomic E-state index is 0.0853. The van der Waals surface area contributed by atoms with Gasteiger partial charge >= 0.3 is 0 Å². The topological polar surface area (TPSA) is 49.4 Å². The van der Waals surface area contributed by atoms with Crippen LogP contribution >= 0.6 is 31.9 Å². The molecule has 2 rings (SSSR count). The third-order valence-corrected chi connectivity index (χ3v) is 7.08. The van der Waals surface area contributed by atoms with Crippen molar-refractivity contribution in [1.29, 1.82) is 0 Å². The minimum Gasteiger partial charge on any atom is -0.317 e. The van der Waals surface area contributed by atoms with Gasteiger partial charge in [-0.1, -0.05) is 22.9 Å². The molecule has 0 amide bonds. The van der Waals surface area contributed by atoms with Crippen LogP contribution < -0.4 is 5.32 Å². The van der Waals surface area contributed by atoms with Gasteiger partial charge in [0.25, 0.3) is 0 Å². The zero-order valence-corrected chi connectivity index (χ0v) is 16.0. The van der Waals surface area contributed by atoms with Crippen molar-refractivity contribution < 1.29 is 8.42 Å². The molecule has 7 heteroatoms. The average Bonchev–Trinajstić information content (AvgIpc) is 2.48. The number of hydrogen-bond donors (Lipinski definition) is 1. The fourth-order valence-electron chi connectivity index (χ4n) is 2.62. The van der Waals surface area contributed by atoms with Crippen LogP contribution in [0, 0.1) is 0 Å². The van der Waals surface area contributed by atoms with Gasteiger partial charge in [-0.25, -0.2) is 8.42 Å². The molecule has 1 aromatic rings. The van der Waals surface area contributed by atoms with E-state index in [1.165, 1.54) is 0 Å². The van der Waals surface area contributed by atoms with Crippen molar-refractivity contribution in [2.75, 3.05) is 19.6 Å². The van der Waals surface area contributed by atoms with Gasteiger partial charge < -0.3 is 5.32 Å². The maximum atomic E-state index is 13.0. The lowest BCUT2D eigenvalue weighted by Gasteiger charge is -2.33. The van der Waals surface area contributed by atoms with Crippen LogP contribution in [0.2, 0.25) is 0 Å². The van der Waals surface area contributed by atoms with Crippen LogP contribution in [0.3, 0.4) is 0 Å². The molecule has 0 radical (unpaired) electrons. The maximum Gasteiger partial charge on any atom is 0.244 e. The van der Waals surface area contributed by atoms with Crippen LogP contribution in [0.1, 0.15) is 26.2 Å².